The number of nitro groups is 1. The zero-order chi connectivity index (χ0) is 12.5. The van der Waals surface area contributed by atoms with Crippen LogP contribution in [0.15, 0.2) is 12.1 Å². The highest BCUT2D eigenvalue weighted by molar-refractivity contribution is 5.97. The Hall–Kier alpha value is -2.05. The summed E-state index contributed by atoms with van der Waals surface area (Å²) < 4.78 is 25.2. The van der Waals surface area contributed by atoms with Crippen molar-refractivity contribution in [3.05, 3.63) is 33.4 Å². The van der Waals surface area contributed by atoms with Crippen molar-refractivity contribution in [3.63, 3.8) is 0 Å². The lowest BCUT2D eigenvalue weighted by Crippen LogP contribution is -2.04. The minimum absolute atomic E-state index is 0.540. The van der Waals surface area contributed by atoms with Crippen LogP contribution < -0.4 is 0 Å². The van der Waals surface area contributed by atoms with Gasteiger partial charge in [-0.3, -0.25) is 14.9 Å². The lowest BCUT2D eigenvalue weighted by molar-refractivity contribution is -0.386. The van der Waals surface area contributed by atoms with Crippen molar-refractivity contribution in [3.8, 4) is 5.75 Å². The first-order valence-corrected chi connectivity index (χ1v) is 4.15. The largest absolute Gasteiger partial charge is 0.508 e. The molecule has 0 spiro atoms. The zero-order valence-corrected chi connectivity index (χ0v) is 8.11. The number of ketones is 1. The van der Waals surface area contributed by atoms with E-state index in [4.69, 9.17) is 5.11 Å². The van der Waals surface area contributed by atoms with E-state index in [-0.39, 0.29) is 0 Å². The third kappa shape index (κ3) is 2.13. The number of alkyl halides is 2. The van der Waals surface area contributed by atoms with Crippen molar-refractivity contribution in [1.29, 1.82) is 0 Å². The van der Waals surface area contributed by atoms with E-state index >= 15 is 0 Å². The summed E-state index contributed by atoms with van der Waals surface area (Å²) in [6.45, 7) is 0.990. The highest BCUT2D eigenvalue weighted by Gasteiger charge is 2.28. The average molecular weight is 231 g/mol. The molecule has 1 rings (SSSR count). The van der Waals surface area contributed by atoms with E-state index < -0.39 is 39.7 Å². The molecule has 0 atom stereocenters. The molecule has 0 fully saturated rings. The van der Waals surface area contributed by atoms with Crippen molar-refractivity contribution >= 4 is 11.5 Å². The molecule has 16 heavy (non-hydrogen) atoms. The van der Waals surface area contributed by atoms with E-state index in [9.17, 15) is 23.7 Å². The second kappa shape index (κ2) is 4.21. The minimum Gasteiger partial charge on any atom is -0.508 e. The second-order valence-corrected chi connectivity index (χ2v) is 3.04. The number of hydrogen-bond donors (Lipinski definition) is 1. The summed E-state index contributed by atoms with van der Waals surface area (Å²) in [6.07, 6.45) is -3.15. The molecule has 0 saturated heterocycles. The Balaban J connectivity index is 3.60. The predicted molar refractivity (Wildman–Crippen MR) is 49.7 cm³/mol. The van der Waals surface area contributed by atoms with Gasteiger partial charge in [0.2, 0.25) is 0 Å². The standard InChI is InChI=1S/C9H7F2NO4/c1-4(13)6-2-5(14)3-7(12(15)16)8(6)9(10)11/h2-3,9,14H,1H3. The van der Waals surface area contributed by atoms with Gasteiger partial charge in [0.05, 0.1) is 11.0 Å². The van der Waals surface area contributed by atoms with E-state index in [1.54, 1.807) is 0 Å². The smallest absolute Gasteiger partial charge is 0.282 e. The van der Waals surface area contributed by atoms with E-state index in [0.29, 0.717) is 6.07 Å². The third-order valence-corrected chi connectivity index (χ3v) is 1.94. The molecule has 0 aromatic heterocycles. The molecule has 5 nitrogen and oxygen atoms in total. The summed E-state index contributed by atoms with van der Waals surface area (Å²) in [5.74, 6) is -1.37. The summed E-state index contributed by atoms with van der Waals surface area (Å²) in [7, 11) is 0. The number of nitro benzene ring substituents is 1. The number of benzene rings is 1. The summed E-state index contributed by atoms with van der Waals surface area (Å²) in [4.78, 5) is 20.5. The van der Waals surface area contributed by atoms with Crippen molar-refractivity contribution in [2.75, 3.05) is 0 Å². The first-order valence-electron chi connectivity index (χ1n) is 4.15. The van der Waals surface area contributed by atoms with E-state index in [0.717, 1.165) is 13.0 Å². The fourth-order valence-electron chi connectivity index (χ4n) is 1.29. The number of carbonyl (C=O) groups excluding carboxylic acids is 1. The molecule has 0 bridgehead atoms. The Bertz CT molecular complexity index is 424. The summed E-state index contributed by atoms with van der Waals surface area (Å²) in [6, 6.07) is 1.38. The van der Waals surface area contributed by atoms with Gasteiger partial charge in [0.25, 0.3) is 12.1 Å². The van der Waals surface area contributed by atoms with Gasteiger partial charge in [-0.05, 0) is 13.0 Å². The molecular formula is C9H7F2NO4. The molecular weight excluding hydrogens is 224 g/mol. The van der Waals surface area contributed by atoms with Gasteiger partial charge in [-0.25, -0.2) is 8.78 Å². The first-order chi connectivity index (χ1) is 7.34. The maximum Gasteiger partial charge on any atom is 0.282 e. The number of Topliss-reactive ketones (excluding diaryl/α,β-unsaturated/α-hetero) is 1. The van der Waals surface area contributed by atoms with E-state index in [2.05, 4.69) is 0 Å². The normalized spacial score (nSPS) is 10.5. The van der Waals surface area contributed by atoms with Gasteiger partial charge in [-0.15, -0.1) is 0 Å². The maximum absolute atomic E-state index is 12.6. The number of aromatic hydroxyl groups is 1. The lowest BCUT2D eigenvalue weighted by Gasteiger charge is -2.07. The number of nitrogens with zero attached hydrogens (tertiary/aromatic N) is 1. The monoisotopic (exact) mass is 231 g/mol. The van der Waals surface area contributed by atoms with Crippen molar-refractivity contribution in [2.24, 2.45) is 0 Å². The van der Waals surface area contributed by atoms with Gasteiger partial charge in [-0.2, -0.15) is 0 Å². The number of hydrogen-bond acceptors (Lipinski definition) is 4. The Kier molecular flexibility index (Phi) is 3.17. The first kappa shape index (κ1) is 12.0. The van der Waals surface area contributed by atoms with Gasteiger partial charge in [0.1, 0.15) is 11.3 Å². The topological polar surface area (TPSA) is 80.4 Å². The lowest BCUT2D eigenvalue weighted by atomic mass is 10.0. The molecule has 0 aliphatic carbocycles. The van der Waals surface area contributed by atoms with Gasteiger partial charge >= 0.3 is 0 Å². The number of phenols is 1. The maximum atomic E-state index is 12.6. The van der Waals surface area contributed by atoms with Crippen LogP contribution in [-0.2, 0) is 0 Å². The van der Waals surface area contributed by atoms with Crippen molar-refractivity contribution in [1.82, 2.24) is 0 Å². The van der Waals surface area contributed by atoms with Crippen LogP contribution in [0.5, 0.6) is 5.75 Å². The van der Waals surface area contributed by atoms with Crippen LogP contribution >= 0.6 is 0 Å². The third-order valence-electron chi connectivity index (χ3n) is 1.94. The summed E-state index contributed by atoms with van der Waals surface area (Å²) in [5, 5.41) is 19.6. The van der Waals surface area contributed by atoms with Crippen LogP contribution in [-0.4, -0.2) is 15.8 Å². The van der Waals surface area contributed by atoms with Crippen LogP contribution in [0, 0.1) is 10.1 Å². The quantitative estimate of drug-likeness (QED) is 0.492. The Labute approximate surface area is 88.5 Å². The van der Waals surface area contributed by atoms with Gasteiger partial charge in [0, 0.05) is 5.56 Å². The Morgan fingerprint density at radius 1 is 1.50 bits per heavy atom. The van der Waals surface area contributed by atoms with Crippen LogP contribution in [0.1, 0.15) is 29.3 Å². The van der Waals surface area contributed by atoms with Crippen LogP contribution in [0.3, 0.4) is 0 Å². The molecule has 0 saturated carbocycles. The molecule has 0 aliphatic heterocycles. The fraction of sp³-hybridized carbons (Fsp3) is 0.222. The Morgan fingerprint density at radius 2 is 2.06 bits per heavy atom. The van der Waals surface area contributed by atoms with Crippen LogP contribution in [0.2, 0.25) is 0 Å². The second-order valence-electron chi connectivity index (χ2n) is 3.04. The van der Waals surface area contributed by atoms with Crippen LogP contribution in [0.25, 0.3) is 0 Å². The molecule has 0 heterocycles. The molecule has 1 aromatic rings. The number of rotatable bonds is 3. The predicted octanol–water partition coefficient (Wildman–Crippen LogP) is 2.44. The summed E-state index contributed by atoms with van der Waals surface area (Å²) >= 11 is 0. The highest BCUT2D eigenvalue weighted by atomic mass is 19.3. The zero-order valence-electron chi connectivity index (χ0n) is 8.11. The number of phenolic OH excluding ortho intramolecular Hbond substituents is 1. The molecule has 0 unspecified atom stereocenters. The van der Waals surface area contributed by atoms with Crippen molar-refractivity contribution in [2.45, 2.75) is 13.3 Å². The van der Waals surface area contributed by atoms with Gasteiger partial charge in [-0.1, -0.05) is 0 Å². The molecule has 0 radical (unpaired) electrons. The van der Waals surface area contributed by atoms with E-state index in [1.807, 2.05) is 0 Å². The fourth-order valence-corrected chi connectivity index (χ4v) is 1.29. The number of halogens is 2. The highest BCUT2D eigenvalue weighted by Crippen LogP contribution is 2.35. The molecule has 1 N–H and O–H groups in total. The minimum atomic E-state index is -3.15. The SMILES string of the molecule is CC(=O)c1cc(O)cc([N+](=O)[O-])c1C(F)F. The number of carbonyl (C=O) groups is 1. The van der Waals surface area contributed by atoms with Crippen molar-refractivity contribution < 1.29 is 23.6 Å². The van der Waals surface area contributed by atoms with E-state index in [1.165, 1.54) is 0 Å². The molecule has 7 heteroatoms. The molecule has 86 valence electrons. The molecule has 0 aliphatic rings. The van der Waals surface area contributed by atoms with Gasteiger partial charge < -0.3 is 5.11 Å². The molecule has 1 aromatic carbocycles. The average Bonchev–Trinajstić information content (AvgIpc) is 2.15. The van der Waals surface area contributed by atoms with Crippen LogP contribution in [0.4, 0.5) is 14.5 Å². The Morgan fingerprint density at radius 3 is 2.44 bits per heavy atom. The molecule has 0 amide bonds. The van der Waals surface area contributed by atoms with Gasteiger partial charge in [0.15, 0.2) is 5.78 Å². The summed E-state index contributed by atoms with van der Waals surface area (Å²) in [5.41, 5.74) is -2.46.